The first kappa shape index (κ1) is 6.88. The van der Waals surface area contributed by atoms with E-state index in [1.54, 1.807) is 0 Å². The van der Waals surface area contributed by atoms with Gasteiger partial charge >= 0.3 is 7.12 Å². The lowest BCUT2D eigenvalue weighted by Gasteiger charge is -2.01. The van der Waals surface area contributed by atoms with Gasteiger partial charge in [0.1, 0.15) is 5.82 Å². The summed E-state index contributed by atoms with van der Waals surface area (Å²) in [4.78, 5) is 4.06. The van der Waals surface area contributed by atoms with Crippen molar-refractivity contribution in [2.45, 2.75) is 19.4 Å². The van der Waals surface area contributed by atoms with Crippen LogP contribution in [0.2, 0.25) is 0 Å². The van der Waals surface area contributed by atoms with Crippen molar-refractivity contribution in [3.8, 4) is 0 Å². The maximum Gasteiger partial charge on any atom is 0.507 e. The van der Waals surface area contributed by atoms with Crippen molar-refractivity contribution in [3.63, 3.8) is 0 Å². The van der Waals surface area contributed by atoms with Crippen molar-refractivity contribution in [3.05, 3.63) is 12.0 Å². The second-order valence-electron chi connectivity index (χ2n) is 2.73. The molecule has 1 aromatic heterocycles. The molecule has 0 saturated heterocycles. The Labute approximate surface area is 64.6 Å². The number of hydrogen-bond donors (Lipinski definition) is 2. The Morgan fingerprint density at radius 3 is 3.09 bits per heavy atom. The number of rotatable bonds is 1. The topological polar surface area (TPSA) is 58.3 Å². The number of aromatic nitrogens is 2. The molecule has 2 heterocycles. The van der Waals surface area contributed by atoms with Crippen LogP contribution in [0.5, 0.6) is 0 Å². The van der Waals surface area contributed by atoms with Gasteiger partial charge in [-0.15, -0.1) is 0 Å². The Balaban J connectivity index is 2.42. The Bertz CT molecular complexity index is 272. The van der Waals surface area contributed by atoms with E-state index in [1.807, 2.05) is 4.57 Å². The summed E-state index contributed by atoms with van der Waals surface area (Å²) in [6.07, 6.45) is 3.54. The van der Waals surface area contributed by atoms with Gasteiger partial charge in [0.2, 0.25) is 0 Å². The summed E-state index contributed by atoms with van der Waals surface area (Å²) in [6.45, 7) is 0.863. The molecule has 0 saturated carbocycles. The summed E-state index contributed by atoms with van der Waals surface area (Å²) in [5.41, 5.74) is 0.512. The number of fused-ring (bicyclic) bond motifs is 1. The van der Waals surface area contributed by atoms with Gasteiger partial charge in [0, 0.05) is 19.2 Å². The highest BCUT2D eigenvalue weighted by atomic mass is 16.4. The average molecular weight is 152 g/mol. The normalized spacial score (nSPS) is 15.1. The molecular formula is C6H9BN2O2. The molecule has 0 fully saturated rings. The summed E-state index contributed by atoms with van der Waals surface area (Å²) in [5.74, 6) is 0.966. The summed E-state index contributed by atoms with van der Waals surface area (Å²) in [5, 5.41) is 17.7. The third kappa shape index (κ3) is 0.966. The molecule has 4 nitrogen and oxygen atoms in total. The highest BCUT2D eigenvalue weighted by molar-refractivity contribution is 6.57. The van der Waals surface area contributed by atoms with Gasteiger partial charge in [-0.2, -0.15) is 0 Å². The standard InChI is InChI=1S/C6H9BN2O2/c10-7(11)5-4-8-6-2-1-3-9(5)6/h4,10-11H,1-3H2. The third-order valence-electron chi connectivity index (χ3n) is 2.02. The molecule has 1 aliphatic heterocycles. The minimum atomic E-state index is -1.38. The first-order valence-corrected chi connectivity index (χ1v) is 3.69. The molecule has 0 amide bonds. The molecule has 11 heavy (non-hydrogen) atoms. The van der Waals surface area contributed by atoms with Crippen LogP contribution in [0.1, 0.15) is 12.2 Å². The van der Waals surface area contributed by atoms with Gasteiger partial charge in [0.15, 0.2) is 0 Å². The lowest BCUT2D eigenvalue weighted by molar-refractivity contribution is 0.422. The molecular weight excluding hydrogens is 143 g/mol. The van der Waals surface area contributed by atoms with Gasteiger partial charge in [-0.05, 0) is 6.42 Å². The van der Waals surface area contributed by atoms with Gasteiger partial charge in [-0.3, -0.25) is 0 Å². The predicted octanol–water partition coefficient (Wildman–Crippen LogP) is -1.49. The van der Waals surface area contributed by atoms with Crippen LogP contribution in [0.4, 0.5) is 0 Å². The predicted molar refractivity (Wildman–Crippen MR) is 40.4 cm³/mol. The molecule has 0 spiro atoms. The summed E-state index contributed by atoms with van der Waals surface area (Å²) in [6, 6.07) is 0. The zero-order chi connectivity index (χ0) is 7.84. The molecule has 0 aromatic carbocycles. The van der Waals surface area contributed by atoms with E-state index in [0.29, 0.717) is 5.59 Å². The van der Waals surface area contributed by atoms with Crippen LogP contribution in [0.15, 0.2) is 6.20 Å². The third-order valence-corrected chi connectivity index (χ3v) is 2.02. The summed E-state index contributed by atoms with van der Waals surface area (Å²) >= 11 is 0. The van der Waals surface area contributed by atoms with E-state index in [-0.39, 0.29) is 0 Å². The highest BCUT2D eigenvalue weighted by Gasteiger charge is 2.22. The van der Waals surface area contributed by atoms with E-state index in [0.717, 1.165) is 25.2 Å². The molecule has 0 atom stereocenters. The number of aryl methyl sites for hydroxylation is 1. The lowest BCUT2D eigenvalue weighted by atomic mass is 9.87. The van der Waals surface area contributed by atoms with Gasteiger partial charge < -0.3 is 14.6 Å². The van der Waals surface area contributed by atoms with Crippen molar-refractivity contribution < 1.29 is 10.0 Å². The Morgan fingerprint density at radius 2 is 2.36 bits per heavy atom. The summed E-state index contributed by atoms with van der Waals surface area (Å²) < 4.78 is 1.87. The highest BCUT2D eigenvalue weighted by Crippen LogP contribution is 2.09. The molecule has 0 aliphatic carbocycles. The van der Waals surface area contributed by atoms with E-state index in [4.69, 9.17) is 10.0 Å². The van der Waals surface area contributed by atoms with Gasteiger partial charge in [-0.25, -0.2) is 4.98 Å². The van der Waals surface area contributed by atoms with Crippen LogP contribution in [0, 0.1) is 0 Å². The van der Waals surface area contributed by atoms with Crippen LogP contribution in [0.3, 0.4) is 0 Å². The Hall–Kier alpha value is -0.805. The number of nitrogens with zero attached hydrogens (tertiary/aromatic N) is 2. The zero-order valence-electron chi connectivity index (χ0n) is 6.06. The molecule has 58 valence electrons. The first-order chi connectivity index (χ1) is 5.29. The van der Waals surface area contributed by atoms with Crippen molar-refractivity contribution in [1.82, 2.24) is 9.55 Å². The quantitative estimate of drug-likeness (QED) is 0.482. The van der Waals surface area contributed by atoms with E-state index in [2.05, 4.69) is 4.98 Å². The van der Waals surface area contributed by atoms with E-state index in [1.165, 1.54) is 6.20 Å². The summed E-state index contributed by atoms with van der Waals surface area (Å²) in [7, 11) is -1.38. The monoisotopic (exact) mass is 152 g/mol. The van der Waals surface area contributed by atoms with Crippen molar-refractivity contribution in [2.75, 3.05) is 0 Å². The first-order valence-electron chi connectivity index (χ1n) is 3.69. The molecule has 2 N–H and O–H groups in total. The fraction of sp³-hybridized carbons (Fsp3) is 0.500. The van der Waals surface area contributed by atoms with Crippen LogP contribution in [0.25, 0.3) is 0 Å². The van der Waals surface area contributed by atoms with Crippen molar-refractivity contribution in [2.24, 2.45) is 0 Å². The molecule has 0 radical (unpaired) electrons. The van der Waals surface area contributed by atoms with Gasteiger partial charge in [-0.1, -0.05) is 0 Å². The van der Waals surface area contributed by atoms with Crippen LogP contribution in [-0.2, 0) is 13.0 Å². The van der Waals surface area contributed by atoms with Gasteiger partial charge in [0.05, 0.1) is 5.59 Å². The van der Waals surface area contributed by atoms with Gasteiger partial charge in [0.25, 0.3) is 0 Å². The fourth-order valence-electron chi connectivity index (χ4n) is 1.49. The average Bonchev–Trinajstić information content (AvgIpc) is 2.41. The van der Waals surface area contributed by atoms with Crippen LogP contribution in [-0.4, -0.2) is 26.7 Å². The number of imidazole rings is 1. The smallest absolute Gasteiger partial charge is 0.422 e. The lowest BCUT2D eigenvalue weighted by Crippen LogP contribution is -2.35. The second-order valence-corrected chi connectivity index (χ2v) is 2.73. The maximum absolute atomic E-state index is 8.87. The van der Waals surface area contributed by atoms with Crippen LogP contribution < -0.4 is 5.59 Å². The largest absolute Gasteiger partial charge is 0.507 e. The number of hydrogen-bond acceptors (Lipinski definition) is 3. The van der Waals surface area contributed by atoms with E-state index >= 15 is 0 Å². The minimum Gasteiger partial charge on any atom is -0.422 e. The SMILES string of the molecule is OB(O)c1cnc2n1CCC2. The van der Waals surface area contributed by atoms with Crippen LogP contribution >= 0.6 is 0 Å². The second kappa shape index (κ2) is 2.35. The Morgan fingerprint density at radius 1 is 1.55 bits per heavy atom. The molecule has 2 rings (SSSR count). The Kier molecular flexibility index (Phi) is 1.47. The molecule has 1 aliphatic rings. The maximum atomic E-state index is 8.87. The fourth-order valence-corrected chi connectivity index (χ4v) is 1.49. The molecule has 0 bridgehead atoms. The van der Waals surface area contributed by atoms with E-state index in [9.17, 15) is 0 Å². The zero-order valence-corrected chi connectivity index (χ0v) is 6.06. The van der Waals surface area contributed by atoms with E-state index < -0.39 is 7.12 Å². The minimum absolute atomic E-state index is 0.512. The molecule has 5 heteroatoms. The molecule has 0 unspecified atom stereocenters. The van der Waals surface area contributed by atoms with Crippen molar-refractivity contribution >= 4 is 12.7 Å². The molecule has 1 aromatic rings. The van der Waals surface area contributed by atoms with Crippen molar-refractivity contribution in [1.29, 1.82) is 0 Å².